The molecule has 1 aromatic rings. The molecule has 4 heteroatoms. The van der Waals surface area contributed by atoms with Gasteiger partial charge in [-0.05, 0) is 44.0 Å². The Balaban J connectivity index is 2.70. The van der Waals surface area contributed by atoms with Gasteiger partial charge in [-0.3, -0.25) is 0 Å². The van der Waals surface area contributed by atoms with Crippen LogP contribution in [0.5, 0.6) is 5.75 Å². The van der Waals surface area contributed by atoms with E-state index in [2.05, 4.69) is 16.6 Å². The van der Waals surface area contributed by atoms with E-state index in [9.17, 15) is 8.78 Å². The number of hydrogen-bond donors (Lipinski definition) is 1. The number of rotatable bonds is 8. The molecule has 1 unspecified atom stereocenters. The van der Waals surface area contributed by atoms with Crippen LogP contribution in [0.1, 0.15) is 38.3 Å². The fraction of sp³-hybridized carbons (Fsp3) is 0.467. The summed E-state index contributed by atoms with van der Waals surface area (Å²) in [6.07, 6.45) is 1.88. The molecule has 1 aromatic carbocycles. The molecule has 0 fully saturated rings. The number of halogens is 2. The van der Waals surface area contributed by atoms with E-state index in [1.807, 2.05) is 26.0 Å². The maximum absolute atomic E-state index is 12.1. The Morgan fingerprint density at radius 1 is 1.32 bits per heavy atom. The lowest BCUT2D eigenvalue weighted by atomic mass is 10.00. The summed E-state index contributed by atoms with van der Waals surface area (Å²) in [7, 11) is 0. The summed E-state index contributed by atoms with van der Waals surface area (Å²) >= 11 is 0. The first-order valence-corrected chi connectivity index (χ1v) is 6.45. The predicted molar refractivity (Wildman–Crippen MR) is 73.5 cm³/mol. The predicted octanol–water partition coefficient (Wildman–Crippen LogP) is 4.29. The molecule has 1 atom stereocenters. The highest BCUT2D eigenvalue weighted by molar-refractivity contribution is 5.29. The monoisotopic (exact) mass is 269 g/mol. The lowest BCUT2D eigenvalue weighted by Gasteiger charge is -2.18. The fourth-order valence-corrected chi connectivity index (χ4v) is 1.91. The van der Waals surface area contributed by atoms with E-state index >= 15 is 0 Å². The van der Waals surface area contributed by atoms with E-state index in [0.717, 1.165) is 30.5 Å². The zero-order chi connectivity index (χ0) is 14.3. The Morgan fingerprint density at radius 2 is 1.95 bits per heavy atom. The summed E-state index contributed by atoms with van der Waals surface area (Å²) in [5, 5.41) is 3.38. The van der Waals surface area contributed by atoms with Gasteiger partial charge in [0.05, 0.1) is 0 Å². The minimum atomic E-state index is -2.78. The molecule has 106 valence electrons. The van der Waals surface area contributed by atoms with Gasteiger partial charge in [0.25, 0.3) is 0 Å². The number of benzene rings is 1. The highest BCUT2D eigenvalue weighted by atomic mass is 19.3. The van der Waals surface area contributed by atoms with Crippen molar-refractivity contribution in [3.05, 3.63) is 42.0 Å². The maximum Gasteiger partial charge on any atom is 0.387 e. The minimum Gasteiger partial charge on any atom is -0.435 e. The van der Waals surface area contributed by atoms with E-state index in [1.54, 1.807) is 12.1 Å². The van der Waals surface area contributed by atoms with Crippen molar-refractivity contribution in [1.82, 2.24) is 5.32 Å². The third kappa shape index (κ3) is 5.83. The molecular formula is C15H21F2NO. The average Bonchev–Trinajstić information content (AvgIpc) is 2.34. The molecule has 0 aliphatic heterocycles. The highest BCUT2D eigenvalue weighted by Gasteiger charge is 2.11. The van der Waals surface area contributed by atoms with Gasteiger partial charge in [-0.15, -0.1) is 6.58 Å². The molecule has 0 amide bonds. The van der Waals surface area contributed by atoms with Crippen molar-refractivity contribution < 1.29 is 13.5 Å². The molecule has 1 N–H and O–H groups in total. The van der Waals surface area contributed by atoms with Crippen LogP contribution in [-0.4, -0.2) is 13.2 Å². The lowest BCUT2D eigenvalue weighted by molar-refractivity contribution is -0.0498. The quantitative estimate of drug-likeness (QED) is 0.711. The molecule has 0 aliphatic rings. The van der Waals surface area contributed by atoms with Crippen LogP contribution in [0.2, 0.25) is 0 Å². The van der Waals surface area contributed by atoms with E-state index in [1.165, 1.54) is 0 Å². The van der Waals surface area contributed by atoms with Gasteiger partial charge < -0.3 is 10.1 Å². The smallest absolute Gasteiger partial charge is 0.387 e. The summed E-state index contributed by atoms with van der Waals surface area (Å²) in [5.74, 6) is 0.189. The standard InChI is InChI=1S/C15H21F2NO/c1-4-18-14(10-5-11(2)3)12-6-8-13(9-7-12)19-15(16)17/h6-9,14-15,18H,2,4-5,10H2,1,3H3. The Labute approximate surface area is 113 Å². The zero-order valence-electron chi connectivity index (χ0n) is 11.5. The Bertz CT molecular complexity index is 390. The van der Waals surface area contributed by atoms with Crippen molar-refractivity contribution in [3.63, 3.8) is 0 Å². The van der Waals surface area contributed by atoms with Crippen molar-refractivity contribution in [2.24, 2.45) is 0 Å². The maximum atomic E-state index is 12.1. The van der Waals surface area contributed by atoms with Gasteiger partial charge in [0.1, 0.15) is 5.75 Å². The molecular weight excluding hydrogens is 248 g/mol. The highest BCUT2D eigenvalue weighted by Crippen LogP contribution is 2.23. The van der Waals surface area contributed by atoms with E-state index in [0.29, 0.717) is 0 Å². The third-order valence-electron chi connectivity index (χ3n) is 2.82. The summed E-state index contributed by atoms with van der Waals surface area (Å²) in [6, 6.07) is 7.01. The van der Waals surface area contributed by atoms with E-state index in [4.69, 9.17) is 0 Å². The molecule has 1 rings (SSSR count). The molecule has 0 aromatic heterocycles. The molecule has 0 saturated carbocycles. The first-order valence-electron chi connectivity index (χ1n) is 6.45. The molecule has 0 saturated heterocycles. The molecule has 0 radical (unpaired) electrons. The molecule has 0 aliphatic carbocycles. The van der Waals surface area contributed by atoms with Crippen molar-refractivity contribution in [2.45, 2.75) is 39.3 Å². The second-order valence-electron chi connectivity index (χ2n) is 4.55. The largest absolute Gasteiger partial charge is 0.435 e. The number of nitrogens with one attached hydrogen (secondary N) is 1. The lowest BCUT2D eigenvalue weighted by Crippen LogP contribution is -2.20. The SMILES string of the molecule is C=C(C)CCC(NCC)c1ccc(OC(F)F)cc1. The van der Waals surface area contributed by atoms with Gasteiger partial charge in [0.2, 0.25) is 0 Å². The number of hydrogen-bond acceptors (Lipinski definition) is 2. The first-order chi connectivity index (χ1) is 9.02. The Morgan fingerprint density at radius 3 is 2.42 bits per heavy atom. The van der Waals surface area contributed by atoms with Crippen LogP contribution in [0, 0.1) is 0 Å². The summed E-state index contributed by atoms with van der Waals surface area (Å²) in [5.41, 5.74) is 2.21. The van der Waals surface area contributed by atoms with Crippen LogP contribution in [0.3, 0.4) is 0 Å². The van der Waals surface area contributed by atoms with Crippen LogP contribution in [-0.2, 0) is 0 Å². The molecule has 2 nitrogen and oxygen atoms in total. The number of allylic oxidation sites excluding steroid dienone is 1. The second kappa shape index (κ2) is 7.89. The molecule has 19 heavy (non-hydrogen) atoms. The second-order valence-corrected chi connectivity index (χ2v) is 4.55. The topological polar surface area (TPSA) is 21.3 Å². The first kappa shape index (κ1) is 15.6. The van der Waals surface area contributed by atoms with Crippen LogP contribution in [0.25, 0.3) is 0 Å². The van der Waals surface area contributed by atoms with Gasteiger partial charge in [-0.2, -0.15) is 8.78 Å². The van der Waals surface area contributed by atoms with Crippen molar-refractivity contribution in [3.8, 4) is 5.75 Å². The van der Waals surface area contributed by atoms with Crippen molar-refractivity contribution in [2.75, 3.05) is 6.54 Å². The van der Waals surface area contributed by atoms with Gasteiger partial charge in [0.15, 0.2) is 0 Å². The third-order valence-corrected chi connectivity index (χ3v) is 2.82. The Hall–Kier alpha value is -1.42. The van der Waals surface area contributed by atoms with Gasteiger partial charge in [-0.1, -0.05) is 24.6 Å². The van der Waals surface area contributed by atoms with Gasteiger partial charge in [-0.25, -0.2) is 0 Å². The van der Waals surface area contributed by atoms with E-state index < -0.39 is 6.61 Å². The van der Waals surface area contributed by atoms with Crippen molar-refractivity contribution in [1.29, 1.82) is 0 Å². The minimum absolute atomic E-state index is 0.189. The fourth-order valence-electron chi connectivity index (χ4n) is 1.91. The average molecular weight is 269 g/mol. The van der Waals surface area contributed by atoms with Crippen LogP contribution >= 0.6 is 0 Å². The summed E-state index contributed by atoms with van der Waals surface area (Å²) in [4.78, 5) is 0. The molecule has 0 heterocycles. The zero-order valence-corrected chi connectivity index (χ0v) is 11.5. The van der Waals surface area contributed by atoms with Crippen LogP contribution in [0.15, 0.2) is 36.4 Å². The van der Waals surface area contributed by atoms with Crippen LogP contribution < -0.4 is 10.1 Å². The van der Waals surface area contributed by atoms with Gasteiger partial charge >= 0.3 is 6.61 Å². The van der Waals surface area contributed by atoms with Crippen LogP contribution in [0.4, 0.5) is 8.78 Å². The summed E-state index contributed by atoms with van der Waals surface area (Å²) in [6.45, 7) is 6.02. The molecule has 0 bridgehead atoms. The molecule has 0 spiro atoms. The number of ether oxygens (including phenoxy) is 1. The normalized spacial score (nSPS) is 12.5. The number of alkyl halides is 2. The van der Waals surface area contributed by atoms with Crippen molar-refractivity contribution >= 4 is 0 Å². The van der Waals surface area contributed by atoms with E-state index in [-0.39, 0.29) is 11.8 Å². The van der Waals surface area contributed by atoms with Gasteiger partial charge in [0, 0.05) is 6.04 Å². The Kier molecular flexibility index (Phi) is 6.50. The summed E-state index contributed by atoms with van der Waals surface area (Å²) < 4.78 is 28.5.